The predicted molar refractivity (Wildman–Crippen MR) is 139 cm³/mol. The maximum absolute atomic E-state index is 12.9. The Kier molecular flexibility index (Phi) is 7.97. The summed E-state index contributed by atoms with van der Waals surface area (Å²) in [6, 6.07) is 12.3. The topological polar surface area (TPSA) is 117 Å². The molecule has 0 saturated heterocycles. The maximum Gasteiger partial charge on any atom is 0.263 e. The van der Waals surface area contributed by atoms with Crippen LogP contribution in [0.2, 0.25) is 0 Å². The number of thiazole rings is 1. The van der Waals surface area contributed by atoms with Crippen LogP contribution in [0.5, 0.6) is 0 Å². The first-order valence-corrected chi connectivity index (χ1v) is 13.5. The third kappa shape index (κ3) is 6.89. The molecular formula is C25H30N4O4S2. The van der Waals surface area contributed by atoms with Gasteiger partial charge in [-0.2, -0.15) is 0 Å². The Morgan fingerprint density at radius 2 is 1.60 bits per heavy atom. The number of hydrogen-bond acceptors (Lipinski definition) is 6. The van der Waals surface area contributed by atoms with Gasteiger partial charge in [0.05, 0.1) is 4.90 Å². The smallest absolute Gasteiger partial charge is 0.263 e. The van der Waals surface area contributed by atoms with E-state index in [9.17, 15) is 18.0 Å². The summed E-state index contributed by atoms with van der Waals surface area (Å²) in [4.78, 5) is 29.7. The second-order valence-electron chi connectivity index (χ2n) is 9.48. The number of anilines is 2. The van der Waals surface area contributed by atoms with Gasteiger partial charge >= 0.3 is 0 Å². The number of rotatable bonds is 8. The summed E-state index contributed by atoms with van der Waals surface area (Å²) < 4.78 is 27.4. The van der Waals surface area contributed by atoms with Crippen molar-refractivity contribution in [2.24, 2.45) is 5.92 Å². The fraction of sp³-hybridized carbons (Fsp3) is 0.320. The van der Waals surface area contributed by atoms with Crippen LogP contribution in [0, 0.1) is 5.92 Å². The minimum atomic E-state index is -3.79. The molecule has 0 aliphatic carbocycles. The normalized spacial score (nSPS) is 12.7. The number of nitrogens with one attached hydrogen (secondary N) is 3. The largest absolute Gasteiger partial charge is 0.340 e. The zero-order valence-electron chi connectivity index (χ0n) is 20.3. The molecule has 0 bridgehead atoms. The molecule has 1 heterocycles. The zero-order chi connectivity index (χ0) is 25.8. The molecule has 1 atom stereocenters. The van der Waals surface area contributed by atoms with Crippen LogP contribution in [0.4, 0.5) is 10.8 Å². The quantitative estimate of drug-likeness (QED) is 0.405. The fourth-order valence-electron chi connectivity index (χ4n) is 3.27. The van der Waals surface area contributed by atoms with Gasteiger partial charge in [-0.25, -0.2) is 13.4 Å². The molecule has 0 radical (unpaired) electrons. The van der Waals surface area contributed by atoms with Crippen molar-refractivity contribution in [1.29, 1.82) is 0 Å². The van der Waals surface area contributed by atoms with Crippen LogP contribution in [-0.2, 0) is 20.2 Å². The number of nitrogens with zero attached hydrogens (tertiary/aromatic N) is 1. The highest BCUT2D eigenvalue weighted by Crippen LogP contribution is 2.23. The molecule has 0 aliphatic rings. The van der Waals surface area contributed by atoms with Crippen LogP contribution in [-0.4, -0.2) is 31.3 Å². The molecule has 10 heteroatoms. The van der Waals surface area contributed by atoms with E-state index in [4.69, 9.17) is 0 Å². The summed E-state index contributed by atoms with van der Waals surface area (Å²) in [5.74, 6) is -0.903. The van der Waals surface area contributed by atoms with Crippen LogP contribution < -0.4 is 15.4 Å². The van der Waals surface area contributed by atoms with E-state index in [2.05, 4.69) is 41.1 Å². The van der Waals surface area contributed by atoms with Gasteiger partial charge < -0.3 is 10.6 Å². The molecule has 0 fully saturated rings. The highest BCUT2D eigenvalue weighted by atomic mass is 32.2. The van der Waals surface area contributed by atoms with E-state index < -0.39 is 22.0 Å². The van der Waals surface area contributed by atoms with Crippen LogP contribution in [0.15, 0.2) is 65.0 Å². The Bertz CT molecular complexity index is 1260. The van der Waals surface area contributed by atoms with E-state index in [1.165, 1.54) is 41.8 Å². The lowest BCUT2D eigenvalue weighted by molar-refractivity contribution is -0.118. The van der Waals surface area contributed by atoms with Gasteiger partial charge in [0, 0.05) is 22.8 Å². The summed E-state index contributed by atoms with van der Waals surface area (Å²) >= 11 is 1.17. The average molecular weight is 515 g/mol. The van der Waals surface area contributed by atoms with Gasteiger partial charge in [0.1, 0.15) is 6.04 Å². The number of hydrogen-bond donors (Lipinski definition) is 3. The molecule has 0 aliphatic heterocycles. The highest BCUT2D eigenvalue weighted by Gasteiger charge is 2.25. The molecule has 35 heavy (non-hydrogen) atoms. The minimum Gasteiger partial charge on any atom is -0.340 e. The van der Waals surface area contributed by atoms with E-state index in [1.807, 2.05) is 26.0 Å². The average Bonchev–Trinajstić information content (AvgIpc) is 3.29. The van der Waals surface area contributed by atoms with Crippen molar-refractivity contribution in [3.05, 3.63) is 71.2 Å². The highest BCUT2D eigenvalue weighted by molar-refractivity contribution is 7.93. The molecule has 3 aromatic rings. The Hall–Kier alpha value is -3.24. The van der Waals surface area contributed by atoms with Gasteiger partial charge in [0.15, 0.2) is 5.13 Å². The van der Waals surface area contributed by atoms with Crippen LogP contribution >= 0.6 is 11.3 Å². The first-order chi connectivity index (χ1) is 16.4. The van der Waals surface area contributed by atoms with Gasteiger partial charge in [0.2, 0.25) is 5.91 Å². The number of carbonyl (C=O) groups is 2. The molecule has 3 N–H and O–H groups in total. The predicted octanol–water partition coefficient (Wildman–Crippen LogP) is 4.63. The molecule has 8 nitrogen and oxygen atoms in total. The van der Waals surface area contributed by atoms with E-state index >= 15 is 0 Å². The van der Waals surface area contributed by atoms with Crippen LogP contribution in [0.3, 0.4) is 0 Å². The van der Waals surface area contributed by atoms with Gasteiger partial charge in [-0.15, -0.1) is 11.3 Å². The molecule has 2 aromatic carbocycles. The van der Waals surface area contributed by atoms with Gasteiger partial charge in [-0.05, 0) is 53.3 Å². The number of carbonyl (C=O) groups excluding carboxylic acids is 2. The van der Waals surface area contributed by atoms with E-state index in [1.54, 1.807) is 17.5 Å². The minimum absolute atomic E-state index is 0.0266. The first kappa shape index (κ1) is 26.4. The van der Waals surface area contributed by atoms with E-state index in [0.29, 0.717) is 11.3 Å². The molecule has 0 unspecified atom stereocenters. The number of aromatic nitrogens is 1. The summed E-state index contributed by atoms with van der Waals surface area (Å²) in [6.45, 7) is 9.97. The van der Waals surface area contributed by atoms with Crippen LogP contribution in [0.1, 0.15) is 50.5 Å². The molecule has 2 amide bonds. The fourth-order valence-corrected chi connectivity index (χ4v) is 5.06. The molecule has 3 rings (SSSR count). The third-order valence-electron chi connectivity index (χ3n) is 5.33. The van der Waals surface area contributed by atoms with Crippen LogP contribution in [0.25, 0.3) is 0 Å². The second-order valence-corrected chi connectivity index (χ2v) is 12.1. The second kappa shape index (κ2) is 10.6. The Balaban J connectivity index is 1.67. The van der Waals surface area contributed by atoms with Gasteiger partial charge in [-0.3, -0.25) is 14.3 Å². The third-order valence-corrected chi connectivity index (χ3v) is 7.51. The van der Waals surface area contributed by atoms with Gasteiger partial charge in [0.25, 0.3) is 15.9 Å². The lowest BCUT2D eigenvalue weighted by Gasteiger charge is -2.22. The SMILES string of the molecule is CC(C)[C@H](NC(=O)c1ccc(C(C)(C)C)cc1)C(=O)Nc1ccc(S(=O)(=O)Nc2nccs2)cc1. The van der Waals surface area contributed by atoms with Crippen molar-refractivity contribution in [2.45, 2.75) is 51.0 Å². The Morgan fingerprint density at radius 1 is 0.971 bits per heavy atom. The number of sulfonamides is 1. The Morgan fingerprint density at radius 3 is 2.11 bits per heavy atom. The van der Waals surface area contributed by atoms with Crippen molar-refractivity contribution in [3.63, 3.8) is 0 Å². The Labute approximate surface area is 210 Å². The summed E-state index contributed by atoms with van der Waals surface area (Å²) in [6.07, 6.45) is 1.51. The molecule has 0 spiro atoms. The van der Waals surface area contributed by atoms with Crippen molar-refractivity contribution >= 4 is 44.0 Å². The monoisotopic (exact) mass is 514 g/mol. The summed E-state index contributed by atoms with van der Waals surface area (Å²) in [7, 11) is -3.79. The van der Waals surface area contributed by atoms with Gasteiger partial charge in [-0.1, -0.05) is 46.8 Å². The molecule has 1 aromatic heterocycles. The number of benzene rings is 2. The number of amides is 2. The van der Waals surface area contributed by atoms with Crippen molar-refractivity contribution in [2.75, 3.05) is 10.0 Å². The maximum atomic E-state index is 12.9. The molecular weight excluding hydrogens is 484 g/mol. The van der Waals surface area contributed by atoms with Crippen molar-refractivity contribution in [3.8, 4) is 0 Å². The standard InChI is InChI=1S/C25H30N4O4S2/c1-16(2)21(28-22(30)17-6-8-18(9-7-17)25(3,4)5)23(31)27-19-10-12-20(13-11-19)35(32,33)29-24-26-14-15-34-24/h6-16,21H,1-5H3,(H,26,29)(H,27,31)(H,28,30)/t21-/m0/s1. The van der Waals surface area contributed by atoms with E-state index in [-0.39, 0.29) is 27.3 Å². The summed E-state index contributed by atoms with van der Waals surface area (Å²) in [5, 5.41) is 7.50. The van der Waals surface area contributed by atoms with Crippen molar-refractivity contribution in [1.82, 2.24) is 10.3 Å². The molecule has 186 valence electrons. The zero-order valence-corrected chi connectivity index (χ0v) is 22.0. The molecule has 0 saturated carbocycles. The first-order valence-electron chi connectivity index (χ1n) is 11.1. The lowest BCUT2D eigenvalue weighted by Crippen LogP contribution is -2.47. The summed E-state index contributed by atoms with van der Waals surface area (Å²) in [5.41, 5.74) is 1.97. The van der Waals surface area contributed by atoms with E-state index in [0.717, 1.165) is 5.56 Å². The van der Waals surface area contributed by atoms with Crippen molar-refractivity contribution < 1.29 is 18.0 Å². The lowest BCUT2D eigenvalue weighted by atomic mass is 9.86.